The van der Waals surface area contributed by atoms with Crippen LogP contribution in [0.3, 0.4) is 0 Å². The minimum atomic E-state index is -1.71. The SMILES string of the molecule is CC1(C)O[Si](C)(C)c2cc3ccccc3cc21. The van der Waals surface area contributed by atoms with Gasteiger partial charge in [-0.25, -0.2) is 0 Å². The maximum Gasteiger partial charge on any atom is 0.219 e. The van der Waals surface area contributed by atoms with Gasteiger partial charge in [-0.05, 0) is 54.5 Å². The van der Waals surface area contributed by atoms with Crippen LogP contribution in [-0.4, -0.2) is 8.32 Å². The molecule has 0 amide bonds. The monoisotopic (exact) mass is 242 g/mol. The van der Waals surface area contributed by atoms with Gasteiger partial charge in [-0.1, -0.05) is 30.3 Å². The molecule has 0 bridgehead atoms. The molecule has 0 aromatic heterocycles. The first-order valence-electron chi connectivity index (χ1n) is 6.14. The molecule has 88 valence electrons. The van der Waals surface area contributed by atoms with Crippen LogP contribution in [0.4, 0.5) is 0 Å². The second kappa shape index (κ2) is 3.21. The molecule has 1 aliphatic heterocycles. The van der Waals surface area contributed by atoms with Gasteiger partial charge < -0.3 is 4.43 Å². The van der Waals surface area contributed by atoms with Crippen LogP contribution in [-0.2, 0) is 10.0 Å². The number of benzene rings is 2. The van der Waals surface area contributed by atoms with Gasteiger partial charge in [0.15, 0.2) is 0 Å². The molecule has 0 saturated heterocycles. The lowest BCUT2D eigenvalue weighted by molar-refractivity contribution is 0.116. The van der Waals surface area contributed by atoms with E-state index in [0.29, 0.717) is 0 Å². The molecule has 2 aromatic carbocycles. The quantitative estimate of drug-likeness (QED) is 0.642. The Morgan fingerprint density at radius 3 is 2.24 bits per heavy atom. The molecule has 2 aromatic rings. The minimum Gasteiger partial charge on any atom is -0.404 e. The topological polar surface area (TPSA) is 9.23 Å². The fourth-order valence-corrected chi connectivity index (χ4v) is 6.00. The lowest BCUT2D eigenvalue weighted by Crippen LogP contribution is -2.40. The molecule has 2 heteroatoms. The lowest BCUT2D eigenvalue weighted by Gasteiger charge is -2.23. The molecule has 0 fully saturated rings. The Balaban J connectivity index is 2.37. The first-order valence-corrected chi connectivity index (χ1v) is 9.05. The van der Waals surface area contributed by atoms with Gasteiger partial charge in [-0.3, -0.25) is 0 Å². The van der Waals surface area contributed by atoms with Gasteiger partial charge in [0.05, 0.1) is 5.60 Å². The molecule has 1 nitrogen and oxygen atoms in total. The molecular weight excluding hydrogens is 224 g/mol. The highest BCUT2D eigenvalue weighted by Gasteiger charge is 2.44. The highest BCUT2D eigenvalue weighted by atomic mass is 28.4. The molecule has 0 N–H and O–H groups in total. The highest BCUT2D eigenvalue weighted by Crippen LogP contribution is 2.36. The van der Waals surface area contributed by atoms with Crippen LogP contribution in [0, 0.1) is 0 Å². The molecule has 3 rings (SSSR count). The van der Waals surface area contributed by atoms with Gasteiger partial charge in [-0.15, -0.1) is 0 Å². The van der Waals surface area contributed by atoms with Crippen molar-refractivity contribution in [2.45, 2.75) is 32.5 Å². The van der Waals surface area contributed by atoms with E-state index in [-0.39, 0.29) is 5.60 Å². The summed E-state index contributed by atoms with van der Waals surface area (Å²) in [5, 5.41) is 4.10. The van der Waals surface area contributed by atoms with Crippen molar-refractivity contribution < 1.29 is 4.43 Å². The van der Waals surface area contributed by atoms with Crippen molar-refractivity contribution in [3.8, 4) is 0 Å². The molecule has 0 atom stereocenters. The van der Waals surface area contributed by atoms with Gasteiger partial charge in [0.1, 0.15) is 0 Å². The van der Waals surface area contributed by atoms with Crippen molar-refractivity contribution in [3.05, 3.63) is 42.0 Å². The highest BCUT2D eigenvalue weighted by molar-refractivity contribution is 6.85. The number of hydrogen-bond acceptors (Lipinski definition) is 1. The summed E-state index contributed by atoms with van der Waals surface area (Å²) in [4.78, 5) is 0. The molecule has 0 aliphatic carbocycles. The van der Waals surface area contributed by atoms with Crippen LogP contribution < -0.4 is 5.19 Å². The summed E-state index contributed by atoms with van der Waals surface area (Å²) in [5.41, 5.74) is 1.25. The number of hydrogen-bond donors (Lipinski definition) is 0. The normalized spacial score (nSPS) is 20.5. The maximum absolute atomic E-state index is 6.32. The van der Waals surface area contributed by atoms with Crippen molar-refractivity contribution in [2.24, 2.45) is 0 Å². The third-order valence-electron chi connectivity index (χ3n) is 3.69. The Kier molecular flexibility index (Phi) is 2.08. The summed E-state index contributed by atoms with van der Waals surface area (Å²) >= 11 is 0. The van der Waals surface area contributed by atoms with E-state index in [0.717, 1.165) is 0 Å². The third-order valence-corrected chi connectivity index (χ3v) is 6.42. The van der Waals surface area contributed by atoms with E-state index >= 15 is 0 Å². The van der Waals surface area contributed by atoms with E-state index in [1.54, 1.807) is 0 Å². The molecular formula is C15H18OSi. The van der Waals surface area contributed by atoms with Crippen LogP contribution in [0.2, 0.25) is 13.1 Å². The van der Waals surface area contributed by atoms with Crippen molar-refractivity contribution in [1.82, 2.24) is 0 Å². The Morgan fingerprint density at radius 1 is 1.00 bits per heavy atom. The van der Waals surface area contributed by atoms with Crippen LogP contribution in [0.15, 0.2) is 36.4 Å². The summed E-state index contributed by atoms with van der Waals surface area (Å²) in [6.07, 6.45) is 0. The van der Waals surface area contributed by atoms with E-state index in [4.69, 9.17) is 4.43 Å². The Hall–Kier alpha value is -1.12. The maximum atomic E-state index is 6.32. The molecule has 0 radical (unpaired) electrons. The van der Waals surface area contributed by atoms with Crippen molar-refractivity contribution in [1.29, 1.82) is 0 Å². The van der Waals surface area contributed by atoms with E-state index in [1.165, 1.54) is 21.5 Å². The second-order valence-corrected chi connectivity index (χ2v) is 9.63. The Labute approximate surface area is 104 Å². The summed E-state index contributed by atoms with van der Waals surface area (Å²) in [6, 6.07) is 13.2. The second-order valence-electron chi connectivity index (χ2n) is 5.87. The zero-order valence-corrected chi connectivity index (χ0v) is 11.9. The van der Waals surface area contributed by atoms with Gasteiger partial charge in [0.25, 0.3) is 0 Å². The predicted molar refractivity (Wildman–Crippen MR) is 75.2 cm³/mol. The first-order chi connectivity index (χ1) is 7.90. The standard InChI is InChI=1S/C15H18OSi/c1-15(2)13-9-11-7-5-6-8-12(11)10-14(13)17(3,4)16-15/h5-10H,1-4H3. The zero-order chi connectivity index (χ0) is 12.3. The van der Waals surface area contributed by atoms with Crippen molar-refractivity contribution in [2.75, 3.05) is 0 Å². The van der Waals surface area contributed by atoms with Gasteiger partial charge in [0, 0.05) is 0 Å². The van der Waals surface area contributed by atoms with Crippen LogP contribution in [0.5, 0.6) is 0 Å². The van der Waals surface area contributed by atoms with E-state index in [9.17, 15) is 0 Å². The summed E-state index contributed by atoms with van der Waals surface area (Å²) in [7, 11) is -1.71. The Bertz CT molecular complexity index is 546. The average molecular weight is 242 g/mol. The first kappa shape index (κ1) is 11.0. The van der Waals surface area contributed by atoms with Crippen molar-refractivity contribution in [3.63, 3.8) is 0 Å². The fourth-order valence-electron chi connectivity index (χ4n) is 2.98. The number of fused-ring (bicyclic) bond motifs is 2. The molecule has 0 spiro atoms. The van der Waals surface area contributed by atoms with E-state index < -0.39 is 8.32 Å². The molecule has 0 unspecified atom stereocenters. The molecule has 0 saturated carbocycles. The van der Waals surface area contributed by atoms with Gasteiger partial charge >= 0.3 is 0 Å². The largest absolute Gasteiger partial charge is 0.404 e. The molecule has 1 aliphatic rings. The van der Waals surface area contributed by atoms with E-state index in [2.05, 4.69) is 63.3 Å². The van der Waals surface area contributed by atoms with E-state index in [1.807, 2.05) is 0 Å². The number of rotatable bonds is 0. The Morgan fingerprint density at radius 2 is 1.59 bits per heavy atom. The van der Waals surface area contributed by atoms with Gasteiger partial charge in [0.2, 0.25) is 8.32 Å². The van der Waals surface area contributed by atoms with Crippen molar-refractivity contribution >= 4 is 24.3 Å². The zero-order valence-electron chi connectivity index (χ0n) is 10.9. The summed E-state index contributed by atoms with van der Waals surface area (Å²) < 4.78 is 6.32. The smallest absolute Gasteiger partial charge is 0.219 e. The van der Waals surface area contributed by atoms with Crippen LogP contribution in [0.1, 0.15) is 19.4 Å². The average Bonchev–Trinajstić information content (AvgIpc) is 2.43. The fraction of sp³-hybridized carbons (Fsp3) is 0.333. The van der Waals surface area contributed by atoms with Gasteiger partial charge in [-0.2, -0.15) is 0 Å². The third kappa shape index (κ3) is 1.55. The summed E-state index contributed by atoms with van der Waals surface area (Å²) in [6.45, 7) is 8.94. The molecule has 1 heterocycles. The minimum absolute atomic E-state index is 0.130. The lowest BCUT2D eigenvalue weighted by atomic mass is 9.95. The van der Waals surface area contributed by atoms with Crippen LogP contribution >= 0.6 is 0 Å². The van der Waals surface area contributed by atoms with Crippen LogP contribution in [0.25, 0.3) is 10.8 Å². The predicted octanol–water partition coefficient (Wildman–Crippen LogP) is 3.52. The summed E-state index contributed by atoms with van der Waals surface area (Å²) in [5.74, 6) is 0. The molecule has 17 heavy (non-hydrogen) atoms.